The quantitative estimate of drug-likeness (QED) is 0.323. The molecule has 0 radical (unpaired) electrons. The second-order valence-corrected chi connectivity index (χ2v) is 10.2. The third-order valence-electron chi connectivity index (χ3n) is 6.28. The number of carbonyl (C=O) groups is 2. The number of likely N-dealkylation sites (tertiary alicyclic amines) is 1. The van der Waals surface area contributed by atoms with Crippen molar-refractivity contribution < 1.29 is 9.59 Å². The number of hydrogen-bond donors (Lipinski definition) is 0. The summed E-state index contributed by atoms with van der Waals surface area (Å²) in [5, 5.41) is 1.94. The molecule has 3 aromatic rings. The largest absolute Gasteiger partial charge is 0.341 e. The van der Waals surface area contributed by atoms with E-state index in [4.69, 9.17) is 23.8 Å². The van der Waals surface area contributed by atoms with Crippen molar-refractivity contribution in [2.75, 3.05) is 25.0 Å². The lowest BCUT2D eigenvalue weighted by Gasteiger charge is -2.16. The SMILES string of the molecule is CN1C(=S)N(c2ccc(Cl)cc2)C(=O)/C1=C/c1cn(CC(=O)N2CCCC2)c2ccc(Br)cc12. The summed E-state index contributed by atoms with van der Waals surface area (Å²) in [5.74, 6) is -0.0977. The highest BCUT2D eigenvalue weighted by Crippen LogP contribution is 2.32. The number of carbonyl (C=O) groups excluding carboxylic acids is 2. The molecule has 9 heteroatoms. The molecule has 5 rings (SSSR count). The first-order valence-corrected chi connectivity index (χ1v) is 12.6. The first-order chi connectivity index (χ1) is 16.3. The number of benzene rings is 2. The lowest BCUT2D eigenvalue weighted by atomic mass is 10.1. The van der Waals surface area contributed by atoms with E-state index < -0.39 is 0 Å². The molecule has 0 bridgehead atoms. The van der Waals surface area contributed by atoms with Crippen LogP contribution in [0.5, 0.6) is 0 Å². The maximum absolute atomic E-state index is 13.4. The van der Waals surface area contributed by atoms with Crippen molar-refractivity contribution in [1.29, 1.82) is 0 Å². The van der Waals surface area contributed by atoms with Gasteiger partial charge in [0.15, 0.2) is 5.11 Å². The Balaban J connectivity index is 1.53. The molecule has 3 heterocycles. The average molecular weight is 558 g/mol. The van der Waals surface area contributed by atoms with Gasteiger partial charge in [-0.1, -0.05) is 27.5 Å². The van der Waals surface area contributed by atoms with Crippen LogP contribution in [0.3, 0.4) is 0 Å². The van der Waals surface area contributed by atoms with Crippen LogP contribution in [-0.2, 0) is 16.1 Å². The zero-order chi connectivity index (χ0) is 24.0. The van der Waals surface area contributed by atoms with Crippen LogP contribution >= 0.6 is 39.7 Å². The van der Waals surface area contributed by atoms with Gasteiger partial charge in [-0.05, 0) is 73.6 Å². The molecule has 2 aliphatic rings. The summed E-state index contributed by atoms with van der Waals surface area (Å²) in [7, 11) is 1.79. The van der Waals surface area contributed by atoms with E-state index in [0.29, 0.717) is 21.5 Å². The van der Waals surface area contributed by atoms with E-state index in [2.05, 4.69) is 15.9 Å². The molecular weight excluding hydrogens is 536 g/mol. The summed E-state index contributed by atoms with van der Waals surface area (Å²) < 4.78 is 2.89. The fourth-order valence-corrected chi connectivity index (χ4v) is 5.25. The Morgan fingerprint density at radius 2 is 1.85 bits per heavy atom. The van der Waals surface area contributed by atoms with Crippen molar-refractivity contribution in [2.24, 2.45) is 0 Å². The highest BCUT2D eigenvalue weighted by Gasteiger charge is 2.37. The Morgan fingerprint density at radius 1 is 1.15 bits per heavy atom. The van der Waals surface area contributed by atoms with E-state index in [1.807, 2.05) is 39.9 Å². The molecule has 0 saturated carbocycles. The number of aromatic nitrogens is 1. The number of hydrogen-bond acceptors (Lipinski definition) is 3. The Kier molecular flexibility index (Phi) is 6.22. The molecule has 2 amide bonds. The first-order valence-electron chi connectivity index (χ1n) is 11.0. The maximum Gasteiger partial charge on any atom is 0.281 e. The average Bonchev–Trinajstić information content (AvgIpc) is 3.51. The second kappa shape index (κ2) is 9.17. The summed E-state index contributed by atoms with van der Waals surface area (Å²) in [6, 6.07) is 13.0. The Morgan fingerprint density at radius 3 is 2.56 bits per heavy atom. The lowest BCUT2D eigenvalue weighted by Crippen LogP contribution is -2.31. The Labute approximate surface area is 216 Å². The summed E-state index contributed by atoms with van der Waals surface area (Å²) in [4.78, 5) is 31.4. The standard InChI is InChI=1S/C25H22BrClN4O2S/c1-28-22(24(33)31(25(28)34)19-7-5-18(27)6-8-19)12-16-14-30(15-23(32)29-10-2-3-11-29)21-9-4-17(26)13-20(16)21/h4-9,12-14H,2-3,10-11,15H2,1H3/b22-12-. The van der Waals surface area contributed by atoms with Gasteiger partial charge in [0.05, 0.1) is 5.69 Å². The number of anilines is 1. The van der Waals surface area contributed by atoms with Crippen LogP contribution < -0.4 is 4.90 Å². The molecule has 0 aliphatic carbocycles. The zero-order valence-corrected chi connectivity index (χ0v) is 21.7. The lowest BCUT2D eigenvalue weighted by molar-refractivity contribution is -0.130. The minimum Gasteiger partial charge on any atom is -0.341 e. The van der Waals surface area contributed by atoms with E-state index >= 15 is 0 Å². The molecule has 2 saturated heterocycles. The molecule has 0 atom stereocenters. The Bertz CT molecular complexity index is 1340. The number of nitrogens with zero attached hydrogens (tertiary/aromatic N) is 4. The molecule has 0 unspecified atom stereocenters. The van der Waals surface area contributed by atoms with Gasteiger partial charge < -0.3 is 14.4 Å². The number of rotatable bonds is 4. The normalized spacial score (nSPS) is 17.6. The van der Waals surface area contributed by atoms with Crippen LogP contribution in [0.1, 0.15) is 18.4 Å². The summed E-state index contributed by atoms with van der Waals surface area (Å²) in [6.07, 6.45) is 5.89. The van der Waals surface area contributed by atoms with Crippen molar-refractivity contribution in [2.45, 2.75) is 19.4 Å². The minimum atomic E-state index is -0.209. The molecule has 0 spiro atoms. The van der Waals surface area contributed by atoms with Crippen molar-refractivity contribution in [3.05, 3.63) is 69.4 Å². The molecule has 2 aliphatic heterocycles. The highest BCUT2D eigenvalue weighted by atomic mass is 79.9. The van der Waals surface area contributed by atoms with Crippen LogP contribution in [0.2, 0.25) is 5.02 Å². The van der Waals surface area contributed by atoms with Gasteiger partial charge in [-0.2, -0.15) is 0 Å². The van der Waals surface area contributed by atoms with E-state index in [9.17, 15) is 9.59 Å². The van der Waals surface area contributed by atoms with Crippen LogP contribution in [0, 0.1) is 0 Å². The van der Waals surface area contributed by atoms with E-state index in [-0.39, 0.29) is 18.4 Å². The number of amides is 2. The van der Waals surface area contributed by atoms with E-state index in [1.165, 1.54) is 4.90 Å². The first kappa shape index (κ1) is 23.1. The molecular formula is C25H22BrClN4O2S. The number of halogens is 2. The van der Waals surface area contributed by atoms with Gasteiger partial charge in [-0.3, -0.25) is 14.5 Å². The maximum atomic E-state index is 13.4. The summed E-state index contributed by atoms with van der Waals surface area (Å²) >= 11 is 15.1. The van der Waals surface area contributed by atoms with Gasteiger partial charge in [0.1, 0.15) is 12.2 Å². The fraction of sp³-hybridized carbons (Fsp3) is 0.240. The van der Waals surface area contributed by atoms with E-state index in [0.717, 1.165) is 46.9 Å². The predicted molar refractivity (Wildman–Crippen MR) is 143 cm³/mol. The van der Waals surface area contributed by atoms with Crippen molar-refractivity contribution in [1.82, 2.24) is 14.4 Å². The number of fused-ring (bicyclic) bond motifs is 1. The van der Waals surface area contributed by atoms with Gasteiger partial charge in [0.2, 0.25) is 5.91 Å². The molecule has 1 aromatic heterocycles. The van der Waals surface area contributed by atoms with Gasteiger partial charge in [0, 0.05) is 52.3 Å². The Hall–Kier alpha value is -2.68. The van der Waals surface area contributed by atoms with Crippen LogP contribution in [-0.4, -0.2) is 51.4 Å². The zero-order valence-electron chi connectivity index (χ0n) is 18.5. The van der Waals surface area contributed by atoms with Gasteiger partial charge >= 0.3 is 0 Å². The molecule has 174 valence electrons. The monoisotopic (exact) mass is 556 g/mol. The third-order valence-corrected chi connectivity index (χ3v) is 7.48. The van der Waals surface area contributed by atoms with Crippen LogP contribution in [0.15, 0.2) is 58.8 Å². The molecule has 2 aromatic carbocycles. The van der Waals surface area contributed by atoms with Crippen molar-refractivity contribution >= 4 is 79.3 Å². The fourth-order valence-electron chi connectivity index (χ4n) is 4.48. The second-order valence-electron chi connectivity index (χ2n) is 8.45. The molecule has 34 heavy (non-hydrogen) atoms. The smallest absolute Gasteiger partial charge is 0.281 e. The van der Waals surface area contributed by atoms with Gasteiger partial charge in [-0.15, -0.1) is 0 Å². The van der Waals surface area contributed by atoms with Gasteiger partial charge in [0.25, 0.3) is 5.91 Å². The molecule has 0 N–H and O–H groups in total. The van der Waals surface area contributed by atoms with Crippen LogP contribution in [0.25, 0.3) is 17.0 Å². The summed E-state index contributed by atoms with van der Waals surface area (Å²) in [6.45, 7) is 1.90. The molecule has 6 nitrogen and oxygen atoms in total. The van der Waals surface area contributed by atoms with Crippen LogP contribution in [0.4, 0.5) is 5.69 Å². The van der Waals surface area contributed by atoms with Crippen molar-refractivity contribution in [3.63, 3.8) is 0 Å². The third kappa shape index (κ3) is 4.15. The van der Waals surface area contributed by atoms with Crippen molar-refractivity contribution in [3.8, 4) is 0 Å². The number of thiocarbonyl (C=S) groups is 1. The van der Waals surface area contributed by atoms with Gasteiger partial charge in [-0.25, -0.2) is 0 Å². The predicted octanol–water partition coefficient (Wildman–Crippen LogP) is 5.28. The molecule has 2 fully saturated rings. The number of likely N-dealkylation sites (N-methyl/N-ethyl adjacent to an activating group) is 1. The minimum absolute atomic E-state index is 0.112. The summed E-state index contributed by atoms with van der Waals surface area (Å²) in [5.41, 5.74) is 2.91. The van der Waals surface area contributed by atoms with E-state index in [1.54, 1.807) is 36.2 Å². The topological polar surface area (TPSA) is 48.8 Å². The highest BCUT2D eigenvalue weighted by molar-refractivity contribution is 9.10.